The molecule has 0 aromatic heterocycles. The van der Waals surface area contributed by atoms with E-state index in [0.29, 0.717) is 0 Å². The first-order valence-electron chi connectivity index (χ1n) is 4.28. The molecule has 1 aromatic rings. The summed E-state index contributed by atoms with van der Waals surface area (Å²) < 4.78 is 31.6. The summed E-state index contributed by atoms with van der Waals surface area (Å²) in [6, 6.07) is 10.5. The van der Waals surface area contributed by atoms with Crippen molar-refractivity contribution in [3.8, 4) is 0 Å². The van der Waals surface area contributed by atoms with Crippen molar-refractivity contribution >= 4 is 10.4 Å². The highest BCUT2D eigenvalue weighted by Crippen LogP contribution is 2.01. The van der Waals surface area contributed by atoms with Crippen molar-refractivity contribution < 1.29 is 17.5 Å². The van der Waals surface area contributed by atoms with Crippen LogP contribution in [0.3, 0.4) is 0 Å². The van der Waals surface area contributed by atoms with Gasteiger partial charge in [0.05, 0.1) is 0 Å². The molecule has 5 heteroatoms. The van der Waals surface area contributed by atoms with Crippen LogP contribution >= 0.6 is 0 Å². The van der Waals surface area contributed by atoms with E-state index in [9.17, 15) is 0 Å². The van der Waals surface area contributed by atoms with Crippen LogP contribution in [-0.4, -0.2) is 17.5 Å². The molecule has 0 amide bonds. The van der Waals surface area contributed by atoms with E-state index in [1.54, 1.807) is 0 Å². The Kier molecular flexibility index (Phi) is 6.61. The molecule has 1 aromatic carbocycles. The van der Waals surface area contributed by atoms with Crippen LogP contribution in [0.25, 0.3) is 0 Å². The summed E-state index contributed by atoms with van der Waals surface area (Å²) in [6.45, 7) is 3.68. The Hall–Kier alpha value is -1.17. The summed E-state index contributed by atoms with van der Waals surface area (Å²) >= 11 is 0. The van der Waals surface area contributed by atoms with Crippen LogP contribution in [0.4, 0.5) is 0 Å². The number of rotatable bonds is 3. The largest absolute Gasteiger partial charge is 0.394 e. The Labute approximate surface area is 89.8 Å². The zero-order valence-corrected chi connectivity index (χ0v) is 9.02. The molecule has 0 atom stereocenters. The highest BCUT2D eigenvalue weighted by molar-refractivity contribution is 7.79. The third-order valence-corrected chi connectivity index (χ3v) is 1.48. The quantitative estimate of drug-likeness (QED) is 0.616. The number of hydrogen-bond acceptors (Lipinski definition) is 2. The Balaban J connectivity index is 0.000000336. The average Bonchev–Trinajstić information content (AvgIpc) is 2.14. The van der Waals surface area contributed by atoms with Gasteiger partial charge in [-0.1, -0.05) is 36.4 Å². The van der Waals surface area contributed by atoms with Gasteiger partial charge in [0, 0.05) is 0 Å². The normalized spacial score (nSPS) is 10.0. The van der Waals surface area contributed by atoms with Gasteiger partial charge in [0.25, 0.3) is 0 Å². The molecular weight excluding hydrogens is 216 g/mol. The average molecular weight is 230 g/mol. The molecule has 0 heterocycles. The van der Waals surface area contributed by atoms with E-state index in [1.165, 1.54) is 5.56 Å². The van der Waals surface area contributed by atoms with Gasteiger partial charge in [0.1, 0.15) is 0 Å². The maximum atomic E-state index is 8.74. The lowest BCUT2D eigenvalue weighted by Crippen LogP contribution is -1.89. The van der Waals surface area contributed by atoms with E-state index in [4.69, 9.17) is 17.5 Å². The van der Waals surface area contributed by atoms with Crippen LogP contribution in [0.1, 0.15) is 12.0 Å². The third-order valence-electron chi connectivity index (χ3n) is 1.48. The summed E-state index contributed by atoms with van der Waals surface area (Å²) in [5, 5.41) is 0. The first-order valence-corrected chi connectivity index (χ1v) is 5.68. The lowest BCUT2D eigenvalue weighted by atomic mass is 10.1. The van der Waals surface area contributed by atoms with Crippen LogP contribution in [-0.2, 0) is 16.8 Å². The SMILES string of the molecule is C=CCCc1ccccc1.O=S(=O)(O)O. The van der Waals surface area contributed by atoms with Crippen molar-refractivity contribution in [3.05, 3.63) is 48.6 Å². The summed E-state index contributed by atoms with van der Waals surface area (Å²) in [5.74, 6) is 0. The Morgan fingerprint density at radius 1 is 1.20 bits per heavy atom. The van der Waals surface area contributed by atoms with Gasteiger partial charge in [-0.2, -0.15) is 8.42 Å². The van der Waals surface area contributed by atoms with Gasteiger partial charge in [-0.05, 0) is 18.4 Å². The molecule has 0 bridgehead atoms. The summed E-state index contributed by atoms with van der Waals surface area (Å²) in [7, 11) is -4.67. The summed E-state index contributed by atoms with van der Waals surface area (Å²) in [6.07, 6.45) is 4.14. The van der Waals surface area contributed by atoms with Gasteiger partial charge in [-0.25, -0.2) is 0 Å². The number of allylic oxidation sites excluding steroid dienone is 1. The zero-order valence-electron chi connectivity index (χ0n) is 8.20. The van der Waals surface area contributed by atoms with Crippen molar-refractivity contribution in [2.75, 3.05) is 0 Å². The minimum Gasteiger partial charge on any atom is -0.264 e. The summed E-state index contributed by atoms with van der Waals surface area (Å²) in [4.78, 5) is 0. The maximum absolute atomic E-state index is 8.74. The molecule has 0 saturated carbocycles. The second-order valence-electron chi connectivity index (χ2n) is 2.76. The minimum absolute atomic E-state index is 1.07. The number of aryl methyl sites for hydroxylation is 1. The number of benzene rings is 1. The predicted octanol–water partition coefficient (Wildman–Crippen LogP) is 2.15. The van der Waals surface area contributed by atoms with Crippen LogP contribution in [0.5, 0.6) is 0 Å². The Morgan fingerprint density at radius 3 is 2.07 bits per heavy atom. The van der Waals surface area contributed by atoms with E-state index in [2.05, 4.69) is 30.8 Å². The molecular formula is C10H14O4S. The molecule has 0 saturated heterocycles. The van der Waals surface area contributed by atoms with E-state index in [-0.39, 0.29) is 0 Å². The fraction of sp³-hybridized carbons (Fsp3) is 0.200. The standard InChI is InChI=1S/C10H12.H2O4S/c1-2-3-7-10-8-5-4-6-9-10;1-5(2,3)4/h2,4-6,8-9H,1,3,7H2;(H2,1,2,3,4). The van der Waals surface area contributed by atoms with Gasteiger partial charge >= 0.3 is 10.4 Å². The fourth-order valence-corrected chi connectivity index (χ4v) is 0.913. The van der Waals surface area contributed by atoms with Crippen molar-refractivity contribution in [2.45, 2.75) is 12.8 Å². The molecule has 15 heavy (non-hydrogen) atoms. The number of hydrogen-bond donors (Lipinski definition) is 2. The third kappa shape index (κ3) is 12.8. The molecule has 2 N–H and O–H groups in total. The highest BCUT2D eigenvalue weighted by atomic mass is 32.3. The zero-order chi connectivity index (χ0) is 11.7. The van der Waals surface area contributed by atoms with E-state index >= 15 is 0 Å². The second kappa shape index (κ2) is 7.17. The van der Waals surface area contributed by atoms with Gasteiger partial charge in [-0.15, -0.1) is 6.58 Å². The molecule has 0 aliphatic rings. The summed E-state index contributed by atoms with van der Waals surface area (Å²) in [5.41, 5.74) is 1.39. The van der Waals surface area contributed by atoms with E-state index < -0.39 is 10.4 Å². The lowest BCUT2D eigenvalue weighted by Gasteiger charge is -1.94. The molecule has 4 nitrogen and oxygen atoms in total. The Bertz CT molecular complexity index is 362. The molecule has 0 aliphatic heterocycles. The fourth-order valence-electron chi connectivity index (χ4n) is 0.913. The smallest absolute Gasteiger partial charge is 0.264 e. The minimum atomic E-state index is -4.67. The molecule has 0 unspecified atom stereocenters. The van der Waals surface area contributed by atoms with Crippen LogP contribution in [0, 0.1) is 0 Å². The van der Waals surface area contributed by atoms with Crippen molar-refractivity contribution in [1.82, 2.24) is 0 Å². The lowest BCUT2D eigenvalue weighted by molar-refractivity contribution is 0.381. The van der Waals surface area contributed by atoms with Gasteiger partial charge in [0.15, 0.2) is 0 Å². The van der Waals surface area contributed by atoms with Gasteiger partial charge < -0.3 is 0 Å². The van der Waals surface area contributed by atoms with Crippen LogP contribution in [0.2, 0.25) is 0 Å². The van der Waals surface area contributed by atoms with Crippen molar-refractivity contribution in [3.63, 3.8) is 0 Å². The topological polar surface area (TPSA) is 74.6 Å². The van der Waals surface area contributed by atoms with Crippen molar-refractivity contribution in [2.24, 2.45) is 0 Å². The maximum Gasteiger partial charge on any atom is 0.394 e. The molecule has 0 aliphatic carbocycles. The van der Waals surface area contributed by atoms with Crippen molar-refractivity contribution in [1.29, 1.82) is 0 Å². The highest BCUT2D eigenvalue weighted by Gasteiger charge is 1.86. The van der Waals surface area contributed by atoms with Gasteiger partial charge in [-0.3, -0.25) is 9.11 Å². The monoisotopic (exact) mass is 230 g/mol. The molecule has 0 spiro atoms. The van der Waals surface area contributed by atoms with Gasteiger partial charge in [0.2, 0.25) is 0 Å². The predicted molar refractivity (Wildman–Crippen MR) is 59.1 cm³/mol. The molecule has 0 fully saturated rings. The van der Waals surface area contributed by atoms with E-state index in [0.717, 1.165) is 12.8 Å². The van der Waals surface area contributed by atoms with Crippen LogP contribution in [0.15, 0.2) is 43.0 Å². The first kappa shape index (κ1) is 13.8. The Morgan fingerprint density at radius 2 is 1.67 bits per heavy atom. The second-order valence-corrected chi connectivity index (χ2v) is 3.66. The molecule has 0 radical (unpaired) electrons. The molecule has 1 rings (SSSR count). The molecule has 84 valence electrons. The van der Waals surface area contributed by atoms with E-state index in [1.807, 2.05) is 12.1 Å². The first-order chi connectivity index (χ1) is 6.93. The van der Waals surface area contributed by atoms with Crippen LogP contribution < -0.4 is 0 Å².